The molecule has 0 radical (unpaired) electrons. The lowest BCUT2D eigenvalue weighted by Crippen LogP contribution is -2.34. The maximum Gasteiger partial charge on any atom is 0.223 e. The molecule has 2 heterocycles. The summed E-state index contributed by atoms with van der Waals surface area (Å²) in [4.78, 5) is 14.0. The zero-order chi connectivity index (χ0) is 18.1. The van der Waals surface area contributed by atoms with Crippen LogP contribution in [0.15, 0.2) is 36.4 Å². The summed E-state index contributed by atoms with van der Waals surface area (Å²) in [6.07, 6.45) is 3.18. The SMILES string of the molecule is CCC1COc2cc(NCc3cccc4c3N(C(C)=O)CCC4)ccc21. The highest BCUT2D eigenvalue weighted by Crippen LogP contribution is 2.38. The largest absolute Gasteiger partial charge is 0.493 e. The summed E-state index contributed by atoms with van der Waals surface area (Å²) < 4.78 is 5.84. The Morgan fingerprint density at radius 1 is 1.31 bits per heavy atom. The summed E-state index contributed by atoms with van der Waals surface area (Å²) in [6, 6.07) is 12.8. The van der Waals surface area contributed by atoms with Crippen LogP contribution in [0, 0.1) is 0 Å². The fourth-order valence-electron chi connectivity index (χ4n) is 4.11. The molecular formula is C22H26N2O2. The fourth-order valence-corrected chi connectivity index (χ4v) is 4.11. The van der Waals surface area contributed by atoms with Crippen LogP contribution in [0.2, 0.25) is 0 Å². The maximum absolute atomic E-state index is 12.1. The molecule has 2 aliphatic heterocycles. The minimum atomic E-state index is 0.120. The van der Waals surface area contributed by atoms with Crippen LogP contribution in [0.4, 0.5) is 11.4 Å². The molecule has 4 nitrogen and oxygen atoms in total. The minimum Gasteiger partial charge on any atom is -0.493 e. The Balaban J connectivity index is 1.55. The van der Waals surface area contributed by atoms with E-state index in [0.717, 1.165) is 49.5 Å². The zero-order valence-electron chi connectivity index (χ0n) is 15.5. The van der Waals surface area contributed by atoms with E-state index < -0.39 is 0 Å². The molecule has 26 heavy (non-hydrogen) atoms. The standard InChI is InChI=1S/C22H26N2O2/c1-3-16-14-26-21-12-19(9-10-20(16)21)23-13-18-7-4-6-17-8-5-11-24(15(2)25)22(17)18/h4,6-7,9-10,12,16,23H,3,5,8,11,13-14H2,1-2H3. The number of ether oxygens (including phenoxy) is 1. The predicted molar refractivity (Wildman–Crippen MR) is 105 cm³/mol. The second-order valence-corrected chi connectivity index (χ2v) is 7.22. The molecule has 1 unspecified atom stereocenters. The van der Waals surface area contributed by atoms with Gasteiger partial charge in [0.1, 0.15) is 5.75 Å². The molecule has 1 atom stereocenters. The third-order valence-corrected chi connectivity index (χ3v) is 5.55. The van der Waals surface area contributed by atoms with Crippen LogP contribution >= 0.6 is 0 Å². The van der Waals surface area contributed by atoms with Crippen LogP contribution in [-0.2, 0) is 17.8 Å². The van der Waals surface area contributed by atoms with Gasteiger partial charge in [-0.3, -0.25) is 4.79 Å². The van der Waals surface area contributed by atoms with Gasteiger partial charge in [-0.05, 0) is 36.5 Å². The van der Waals surface area contributed by atoms with Gasteiger partial charge in [-0.1, -0.05) is 31.2 Å². The quantitative estimate of drug-likeness (QED) is 0.884. The van der Waals surface area contributed by atoms with E-state index in [1.54, 1.807) is 6.92 Å². The number of hydrogen-bond acceptors (Lipinski definition) is 3. The summed E-state index contributed by atoms with van der Waals surface area (Å²) in [5.74, 6) is 1.64. The number of anilines is 2. The first-order chi connectivity index (χ1) is 12.7. The van der Waals surface area contributed by atoms with Gasteiger partial charge in [0, 0.05) is 43.2 Å². The highest BCUT2D eigenvalue weighted by molar-refractivity contribution is 5.93. The zero-order valence-corrected chi connectivity index (χ0v) is 15.5. The molecule has 136 valence electrons. The molecule has 1 amide bonds. The van der Waals surface area contributed by atoms with Crippen molar-refractivity contribution < 1.29 is 9.53 Å². The predicted octanol–water partition coefficient (Wildman–Crippen LogP) is 4.48. The van der Waals surface area contributed by atoms with Gasteiger partial charge < -0.3 is 15.0 Å². The number of carbonyl (C=O) groups is 1. The fraction of sp³-hybridized carbons (Fsp3) is 0.409. The van der Waals surface area contributed by atoms with Gasteiger partial charge in [-0.15, -0.1) is 0 Å². The molecule has 0 bridgehead atoms. The Morgan fingerprint density at radius 2 is 2.19 bits per heavy atom. The van der Waals surface area contributed by atoms with Crippen molar-refractivity contribution in [2.45, 2.75) is 45.6 Å². The molecule has 2 aromatic rings. The van der Waals surface area contributed by atoms with Gasteiger partial charge >= 0.3 is 0 Å². The summed E-state index contributed by atoms with van der Waals surface area (Å²) >= 11 is 0. The molecule has 4 rings (SSSR count). The summed E-state index contributed by atoms with van der Waals surface area (Å²) in [5, 5.41) is 3.52. The van der Waals surface area contributed by atoms with E-state index in [9.17, 15) is 4.79 Å². The van der Waals surface area contributed by atoms with Gasteiger partial charge in [-0.2, -0.15) is 0 Å². The number of aryl methyl sites for hydroxylation is 1. The van der Waals surface area contributed by atoms with E-state index in [-0.39, 0.29) is 5.91 Å². The average molecular weight is 350 g/mol. The van der Waals surface area contributed by atoms with Crippen molar-refractivity contribution in [1.29, 1.82) is 0 Å². The number of benzene rings is 2. The van der Waals surface area contributed by atoms with Crippen LogP contribution in [0.25, 0.3) is 0 Å². The van der Waals surface area contributed by atoms with E-state index in [1.807, 2.05) is 4.90 Å². The van der Waals surface area contributed by atoms with E-state index >= 15 is 0 Å². The smallest absolute Gasteiger partial charge is 0.223 e. The first kappa shape index (κ1) is 17.0. The number of hydrogen-bond donors (Lipinski definition) is 1. The van der Waals surface area contributed by atoms with E-state index in [4.69, 9.17) is 4.74 Å². The molecule has 0 fully saturated rings. The molecule has 2 aliphatic rings. The molecule has 0 aromatic heterocycles. The first-order valence-corrected chi connectivity index (χ1v) is 9.57. The summed E-state index contributed by atoms with van der Waals surface area (Å²) in [5.41, 5.74) is 5.92. The summed E-state index contributed by atoms with van der Waals surface area (Å²) in [7, 11) is 0. The van der Waals surface area contributed by atoms with Crippen molar-refractivity contribution >= 4 is 17.3 Å². The molecular weight excluding hydrogens is 324 g/mol. The lowest BCUT2D eigenvalue weighted by Gasteiger charge is -2.31. The van der Waals surface area contributed by atoms with Crippen LogP contribution < -0.4 is 15.0 Å². The minimum absolute atomic E-state index is 0.120. The molecule has 1 N–H and O–H groups in total. The van der Waals surface area contributed by atoms with Crippen LogP contribution in [-0.4, -0.2) is 19.1 Å². The van der Waals surface area contributed by atoms with Crippen molar-refractivity contribution in [2.24, 2.45) is 0 Å². The van der Waals surface area contributed by atoms with Gasteiger partial charge in [0.05, 0.1) is 12.3 Å². The molecule has 0 saturated heterocycles. The van der Waals surface area contributed by atoms with Crippen LogP contribution in [0.5, 0.6) is 5.75 Å². The van der Waals surface area contributed by atoms with E-state index in [2.05, 4.69) is 48.6 Å². The number of para-hydroxylation sites is 1. The molecule has 2 aromatic carbocycles. The van der Waals surface area contributed by atoms with Gasteiger partial charge in [0.2, 0.25) is 5.91 Å². The second kappa shape index (κ2) is 7.02. The number of fused-ring (bicyclic) bond motifs is 2. The Bertz CT molecular complexity index is 831. The number of amides is 1. The lowest BCUT2D eigenvalue weighted by atomic mass is 9.97. The average Bonchev–Trinajstić information content (AvgIpc) is 3.08. The van der Waals surface area contributed by atoms with Crippen molar-refractivity contribution in [3.63, 3.8) is 0 Å². The van der Waals surface area contributed by atoms with Gasteiger partial charge in [0.25, 0.3) is 0 Å². The summed E-state index contributed by atoms with van der Waals surface area (Å²) in [6.45, 7) is 6.15. The Hall–Kier alpha value is -2.49. The number of carbonyl (C=O) groups excluding carboxylic acids is 1. The Labute approximate surface area is 155 Å². The third-order valence-electron chi connectivity index (χ3n) is 5.55. The van der Waals surface area contributed by atoms with Crippen molar-refractivity contribution in [3.8, 4) is 5.75 Å². The Kier molecular flexibility index (Phi) is 4.58. The normalized spacial score (nSPS) is 18.1. The topological polar surface area (TPSA) is 41.6 Å². The second-order valence-electron chi connectivity index (χ2n) is 7.22. The highest BCUT2D eigenvalue weighted by Gasteiger charge is 2.24. The van der Waals surface area contributed by atoms with Crippen molar-refractivity contribution in [2.75, 3.05) is 23.4 Å². The Morgan fingerprint density at radius 3 is 3.00 bits per heavy atom. The van der Waals surface area contributed by atoms with Crippen molar-refractivity contribution in [1.82, 2.24) is 0 Å². The molecule has 0 saturated carbocycles. The highest BCUT2D eigenvalue weighted by atomic mass is 16.5. The van der Waals surface area contributed by atoms with E-state index in [0.29, 0.717) is 12.5 Å². The van der Waals surface area contributed by atoms with Crippen LogP contribution in [0.3, 0.4) is 0 Å². The van der Waals surface area contributed by atoms with Crippen LogP contribution in [0.1, 0.15) is 49.3 Å². The molecule has 0 aliphatic carbocycles. The van der Waals surface area contributed by atoms with Gasteiger partial charge in [-0.25, -0.2) is 0 Å². The van der Waals surface area contributed by atoms with E-state index in [1.165, 1.54) is 16.7 Å². The molecule has 0 spiro atoms. The number of nitrogens with zero attached hydrogens (tertiary/aromatic N) is 1. The first-order valence-electron chi connectivity index (χ1n) is 9.57. The van der Waals surface area contributed by atoms with Gasteiger partial charge in [0.15, 0.2) is 0 Å². The number of nitrogens with one attached hydrogen (secondary N) is 1. The monoisotopic (exact) mass is 350 g/mol. The number of rotatable bonds is 4. The van der Waals surface area contributed by atoms with Crippen molar-refractivity contribution in [3.05, 3.63) is 53.1 Å². The third kappa shape index (κ3) is 3.05. The lowest BCUT2D eigenvalue weighted by molar-refractivity contribution is -0.116. The maximum atomic E-state index is 12.1. The molecule has 4 heteroatoms.